The quantitative estimate of drug-likeness (QED) is 0.307. The Kier molecular flexibility index (Phi) is 6.64. The summed E-state index contributed by atoms with van der Waals surface area (Å²) < 4.78 is 1.97. The van der Waals surface area contributed by atoms with Crippen LogP contribution >= 0.6 is 0 Å². The zero-order valence-electron chi connectivity index (χ0n) is 18.9. The van der Waals surface area contributed by atoms with Crippen LogP contribution in [0.4, 0.5) is 11.8 Å². The van der Waals surface area contributed by atoms with Gasteiger partial charge in [0, 0.05) is 17.9 Å². The molecule has 0 aliphatic heterocycles. The summed E-state index contributed by atoms with van der Waals surface area (Å²) in [7, 11) is 0. The molecule has 0 spiro atoms. The average molecular weight is 449 g/mol. The number of anilines is 2. The summed E-state index contributed by atoms with van der Waals surface area (Å²) in [6.45, 7) is 6.41. The molecule has 172 valence electrons. The van der Waals surface area contributed by atoms with E-state index in [9.17, 15) is 9.90 Å². The molecule has 0 amide bonds. The molecule has 0 unspecified atom stereocenters. The van der Waals surface area contributed by atoms with Gasteiger partial charge in [0.15, 0.2) is 17.0 Å². The number of aliphatic hydroxyl groups excluding tert-OH is 1. The van der Waals surface area contributed by atoms with E-state index in [0.717, 1.165) is 6.42 Å². The van der Waals surface area contributed by atoms with Crippen LogP contribution in [0.15, 0.2) is 47.7 Å². The molecule has 10 nitrogen and oxygen atoms in total. The van der Waals surface area contributed by atoms with Crippen molar-refractivity contribution in [2.24, 2.45) is 0 Å². The number of fused-ring (bicyclic) bond motifs is 1. The first-order chi connectivity index (χ1) is 16.0. The molecule has 0 fully saturated rings. The highest BCUT2D eigenvalue weighted by Gasteiger charge is 2.16. The number of hydrogen-bond donors (Lipinski definition) is 4. The fourth-order valence-corrected chi connectivity index (χ4v) is 3.46. The lowest BCUT2D eigenvalue weighted by atomic mass is 10.1. The van der Waals surface area contributed by atoms with Gasteiger partial charge in [-0.15, -0.1) is 0 Å². The SMILES string of the molecule is CC[C@H](CO)Nc1nc(NCc2ccc(-c3ccccn3)c(=O)[nH]2)c2ncn(C(C)C)c2n1. The van der Waals surface area contributed by atoms with E-state index in [2.05, 4.69) is 49.4 Å². The summed E-state index contributed by atoms with van der Waals surface area (Å²) in [5, 5.41) is 16.0. The molecule has 0 aliphatic carbocycles. The van der Waals surface area contributed by atoms with Gasteiger partial charge in [-0.2, -0.15) is 9.97 Å². The van der Waals surface area contributed by atoms with Crippen LogP contribution in [-0.4, -0.2) is 47.2 Å². The number of nitrogens with zero attached hydrogens (tertiary/aromatic N) is 5. The van der Waals surface area contributed by atoms with Crippen LogP contribution in [0.1, 0.15) is 38.9 Å². The van der Waals surface area contributed by atoms with Crippen molar-refractivity contribution in [1.82, 2.24) is 29.5 Å². The second-order valence-electron chi connectivity index (χ2n) is 8.04. The lowest BCUT2D eigenvalue weighted by molar-refractivity contribution is 0.271. The average Bonchev–Trinajstić information content (AvgIpc) is 3.26. The van der Waals surface area contributed by atoms with E-state index < -0.39 is 0 Å². The zero-order valence-corrected chi connectivity index (χ0v) is 18.9. The number of nitrogens with one attached hydrogen (secondary N) is 3. The Balaban J connectivity index is 1.62. The molecule has 4 heterocycles. The Morgan fingerprint density at radius 2 is 2.00 bits per heavy atom. The van der Waals surface area contributed by atoms with Gasteiger partial charge in [-0.3, -0.25) is 9.78 Å². The van der Waals surface area contributed by atoms with Gasteiger partial charge in [0.25, 0.3) is 5.56 Å². The van der Waals surface area contributed by atoms with E-state index in [1.54, 1.807) is 24.7 Å². The fourth-order valence-electron chi connectivity index (χ4n) is 3.46. The molecule has 0 saturated carbocycles. The molecule has 33 heavy (non-hydrogen) atoms. The number of pyridine rings is 2. The van der Waals surface area contributed by atoms with E-state index in [1.165, 1.54) is 0 Å². The smallest absolute Gasteiger partial charge is 0.257 e. The summed E-state index contributed by atoms with van der Waals surface area (Å²) in [6, 6.07) is 9.09. The topological polar surface area (TPSA) is 134 Å². The fraction of sp³-hybridized carbons (Fsp3) is 0.348. The molecule has 4 rings (SSSR count). The highest BCUT2D eigenvalue weighted by atomic mass is 16.3. The van der Waals surface area contributed by atoms with E-state index in [4.69, 9.17) is 0 Å². The second kappa shape index (κ2) is 9.78. The van der Waals surface area contributed by atoms with Gasteiger partial charge >= 0.3 is 0 Å². The van der Waals surface area contributed by atoms with Gasteiger partial charge in [-0.25, -0.2) is 4.98 Å². The summed E-state index contributed by atoms with van der Waals surface area (Å²) in [4.78, 5) is 33.5. The molecule has 0 radical (unpaired) electrons. The lowest BCUT2D eigenvalue weighted by Crippen LogP contribution is -2.24. The minimum atomic E-state index is -0.207. The third kappa shape index (κ3) is 4.85. The van der Waals surface area contributed by atoms with Gasteiger partial charge in [0.2, 0.25) is 5.95 Å². The highest BCUT2D eigenvalue weighted by Crippen LogP contribution is 2.24. The predicted molar refractivity (Wildman–Crippen MR) is 128 cm³/mol. The zero-order chi connectivity index (χ0) is 23.4. The van der Waals surface area contributed by atoms with Crippen LogP contribution in [0.2, 0.25) is 0 Å². The molecular weight excluding hydrogens is 420 g/mol. The Morgan fingerprint density at radius 3 is 2.67 bits per heavy atom. The first-order valence-electron chi connectivity index (χ1n) is 11.0. The molecule has 0 aromatic carbocycles. The maximum Gasteiger partial charge on any atom is 0.257 e. The van der Waals surface area contributed by atoms with Crippen molar-refractivity contribution in [2.75, 3.05) is 17.2 Å². The number of aliphatic hydroxyl groups is 1. The second-order valence-corrected chi connectivity index (χ2v) is 8.04. The van der Waals surface area contributed by atoms with Crippen molar-refractivity contribution < 1.29 is 5.11 Å². The third-order valence-corrected chi connectivity index (χ3v) is 5.38. The maximum atomic E-state index is 12.6. The largest absolute Gasteiger partial charge is 0.394 e. The normalized spacial score (nSPS) is 12.3. The van der Waals surface area contributed by atoms with Crippen LogP contribution in [-0.2, 0) is 6.54 Å². The molecule has 0 saturated heterocycles. The van der Waals surface area contributed by atoms with Gasteiger partial charge in [0.05, 0.1) is 36.8 Å². The van der Waals surface area contributed by atoms with Gasteiger partial charge in [-0.1, -0.05) is 13.0 Å². The molecule has 10 heteroatoms. The van der Waals surface area contributed by atoms with Crippen molar-refractivity contribution in [2.45, 2.75) is 45.8 Å². The summed E-state index contributed by atoms with van der Waals surface area (Å²) in [6.07, 6.45) is 4.13. The number of aromatic amines is 1. The van der Waals surface area contributed by atoms with Crippen molar-refractivity contribution in [1.29, 1.82) is 0 Å². The van der Waals surface area contributed by atoms with Crippen LogP contribution in [0, 0.1) is 0 Å². The van der Waals surface area contributed by atoms with E-state index in [0.29, 0.717) is 46.4 Å². The molecule has 4 N–H and O–H groups in total. The van der Waals surface area contributed by atoms with E-state index >= 15 is 0 Å². The van der Waals surface area contributed by atoms with E-state index in [1.807, 2.05) is 29.7 Å². The van der Waals surface area contributed by atoms with Crippen LogP contribution < -0.4 is 16.2 Å². The standard InChI is InChI=1S/C23H28N8O2/c1-4-15(12-32)28-23-29-20(19-21(30-23)31(13-26-19)14(2)3)25-11-16-8-9-17(22(33)27-16)18-7-5-6-10-24-18/h5-10,13-15,32H,4,11-12H2,1-3H3,(H,27,33)(H2,25,28,29,30)/t15-/m1/s1. The molecule has 1 atom stereocenters. The molecular formula is C23H28N8O2. The van der Waals surface area contributed by atoms with Crippen molar-refractivity contribution in [3.8, 4) is 11.3 Å². The molecule has 4 aromatic heterocycles. The number of hydrogen-bond acceptors (Lipinski definition) is 8. The third-order valence-electron chi connectivity index (χ3n) is 5.38. The van der Waals surface area contributed by atoms with E-state index in [-0.39, 0.29) is 24.2 Å². The summed E-state index contributed by atoms with van der Waals surface area (Å²) in [5.41, 5.74) is 2.96. The van der Waals surface area contributed by atoms with Gasteiger partial charge < -0.3 is 25.3 Å². The Bertz CT molecular complexity index is 1280. The van der Waals surface area contributed by atoms with Crippen LogP contribution in [0.3, 0.4) is 0 Å². The van der Waals surface area contributed by atoms with Crippen molar-refractivity contribution in [3.05, 3.63) is 58.9 Å². The Hall–Kier alpha value is -3.79. The lowest BCUT2D eigenvalue weighted by Gasteiger charge is -2.16. The Morgan fingerprint density at radius 1 is 1.15 bits per heavy atom. The first-order valence-corrected chi connectivity index (χ1v) is 11.0. The maximum absolute atomic E-state index is 12.6. The highest BCUT2D eigenvalue weighted by molar-refractivity contribution is 5.84. The summed E-state index contributed by atoms with van der Waals surface area (Å²) >= 11 is 0. The number of aromatic nitrogens is 6. The van der Waals surface area contributed by atoms with Gasteiger partial charge in [-0.05, 0) is 44.5 Å². The van der Waals surface area contributed by atoms with Crippen LogP contribution in [0.5, 0.6) is 0 Å². The number of H-pyrrole nitrogens is 1. The molecule has 0 aliphatic rings. The summed E-state index contributed by atoms with van der Waals surface area (Å²) in [5.74, 6) is 0.955. The van der Waals surface area contributed by atoms with Crippen LogP contribution in [0.25, 0.3) is 22.4 Å². The number of rotatable bonds is 9. The Labute approximate surface area is 191 Å². The van der Waals surface area contributed by atoms with Gasteiger partial charge in [0.1, 0.15) is 0 Å². The van der Waals surface area contributed by atoms with Crippen molar-refractivity contribution >= 4 is 22.9 Å². The monoisotopic (exact) mass is 448 g/mol. The van der Waals surface area contributed by atoms with Crippen molar-refractivity contribution in [3.63, 3.8) is 0 Å². The molecule has 0 bridgehead atoms. The predicted octanol–water partition coefficient (Wildman–Crippen LogP) is 2.95. The number of imidazole rings is 1. The molecule has 4 aromatic rings. The minimum Gasteiger partial charge on any atom is -0.394 e. The minimum absolute atomic E-state index is 0.0199. The first kappa shape index (κ1) is 22.4.